The van der Waals surface area contributed by atoms with Gasteiger partial charge in [-0.2, -0.15) is 0 Å². The first-order chi connectivity index (χ1) is 51.7. The number of benzene rings is 11. The van der Waals surface area contributed by atoms with Crippen molar-refractivity contribution in [3.8, 4) is 11.1 Å². The zero-order valence-corrected chi connectivity index (χ0v) is 67.7. The molecule has 0 spiro atoms. The monoisotopic (exact) mass is 1510 g/mol. The molecule has 109 heavy (non-hydrogen) atoms. The Morgan fingerprint density at radius 1 is 0.413 bits per heavy atom. The van der Waals surface area contributed by atoms with Crippen LogP contribution in [-0.2, 0) is 75.8 Å². The fourth-order valence-electron chi connectivity index (χ4n) is 10.4. The van der Waals surface area contributed by atoms with Crippen LogP contribution in [0.15, 0.2) is 320 Å². The van der Waals surface area contributed by atoms with Crippen molar-refractivity contribution in [2.45, 2.75) is 132 Å². The molecule has 1 N–H and O–H groups in total. The Hall–Kier alpha value is -11.2. The minimum Gasteiger partial charge on any atom is -0.465 e. The summed E-state index contributed by atoms with van der Waals surface area (Å²) < 4.78 is 49.3. The third-order valence-electron chi connectivity index (χ3n) is 15.5. The molecule has 572 valence electrons. The molecule has 1 aliphatic rings. The van der Waals surface area contributed by atoms with Gasteiger partial charge in [0.05, 0.1) is 4.90 Å². The lowest BCUT2D eigenvalue weighted by Gasteiger charge is -2.31. The Balaban J connectivity index is 0.000000324. The predicted octanol–water partition coefficient (Wildman–Crippen LogP) is 20.6. The summed E-state index contributed by atoms with van der Waals surface area (Å²) in [6.07, 6.45) is 2.35. The number of para-hydroxylation sites is 1. The number of ketones is 2. The minimum absolute atomic E-state index is 0.0359. The highest BCUT2D eigenvalue weighted by Crippen LogP contribution is 2.45. The first-order valence-corrected chi connectivity index (χ1v) is 39.8. The van der Waals surface area contributed by atoms with Crippen LogP contribution in [0.1, 0.15) is 140 Å². The molecule has 0 fully saturated rings. The van der Waals surface area contributed by atoms with E-state index in [9.17, 15) is 41.8 Å². The zero-order valence-electron chi connectivity index (χ0n) is 66.0. The lowest BCUT2D eigenvalue weighted by molar-refractivity contribution is -0.152. The molecule has 0 saturated carbocycles. The number of anilines is 1. The summed E-state index contributed by atoms with van der Waals surface area (Å²) in [5.74, 6) is -0.226. The maximum atomic E-state index is 12.6. The Kier molecular flexibility index (Phi) is 41.3. The summed E-state index contributed by atoms with van der Waals surface area (Å²) in [7, 11) is -5.42. The van der Waals surface area contributed by atoms with Crippen molar-refractivity contribution >= 4 is 68.7 Å². The first kappa shape index (κ1) is 92.0. The van der Waals surface area contributed by atoms with Crippen LogP contribution < -0.4 is 15.9 Å². The zero-order chi connectivity index (χ0) is 80.8. The fourth-order valence-corrected chi connectivity index (χ4v) is 12.9. The predicted molar refractivity (Wildman–Crippen MR) is 448 cm³/mol. The second kappa shape index (κ2) is 48.9. The number of aryl methyl sites for hydroxylation is 2. The summed E-state index contributed by atoms with van der Waals surface area (Å²) in [5.41, 5.74) is 12.8. The van der Waals surface area contributed by atoms with Gasteiger partial charge in [-0.3, -0.25) is 19.2 Å². The van der Waals surface area contributed by atoms with Crippen molar-refractivity contribution in [3.05, 3.63) is 360 Å². The van der Waals surface area contributed by atoms with Gasteiger partial charge in [0.15, 0.2) is 9.84 Å². The summed E-state index contributed by atoms with van der Waals surface area (Å²) in [6, 6.07) is 104. The molecular formula is C94H108NO12PS. The summed E-state index contributed by atoms with van der Waals surface area (Å²) in [6.45, 7) is 26.4. The molecule has 0 radical (unpaired) electrons. The van der Waals surface area contributed by atoms with E-state index in [0.717, 1.165) is 33.8 Å². The van der Waals surface area contributed by atoms with Crippen LogP contribution in [0.4, 0.5) is 5.69 Å². The van der Waals surface area contributed by atoms with Gasteiger partial charge in [0, 0.05) is 61.6 Å². The molecule has 11 aromatic carbocycles. The Bertz CT molecular complexity index is 4410. The highest BCUT2D eigenvalue weighted by atomic mass is 32.2. The van der Waals surface area contributed by atoms with E-state index < -0.39 is 17.0 Å². The van der Waals surface area contributed by atoms with E-state index in [0.29, 0.717) is 18.1 Å². The van der Waals surface area contributed by atoms with Crippen LogP contribution in [0.2, 0.25) is 0 Å². The molecule has 0 atom stereocenters. The van der Waals surface area contributed by atoms with Crippen LogP contribution in [0.5, 0.6) is 0 Å². The van der Waals surface area contributed by atoms with Crippen molar-refractivity contribution in [2.24, 2.45) is 0 Å². The first-order valence-electron chi connectivity index (χ1n) is 35.8. The summed E-state index contributed by atoms with van der Waals surface area (Å²) in [4.78, 5) is 61.4. The largest absolute Gasteiger partial charge is 0.465 e. The molecule has 13 nitrogen and oxygen atoms in total. The quantitative estimate of drug-likeness (QED) is 0.0527. The van der Waals surface area contributed by atoms with Crippen molar-refractivity contribution < 1.29 is 56.0 Å². The maximum absolute atomic E-state index is 12.6. The molecule has 1 aliphatic carbocycles. The normalized spacial score (nSPS) is 10.6. The van der Waals surface area contributed by atoms with Crippen LogP contribution in [-0.4, -0.2) is 68.9 Å². The van der Waals surface area contributed by atoms with E-state index in [2.05, 4.69) is 159 Å². The van der Waals surface area contributed by atoms with Gasteiger partial charge in [0.1, 0.15) is 37.5 Å². The van der Waals surface area contributed by atoms with E-state index >= 15 is 0 Å². The molecule has 0 unspecified atom stereocenters. The average molecular weight is 1510 g/mol. The van der Waals surface area contributed by atoms with Crippen LogP contribution in [0, 0.1) is 6.92 Å². The number of carbonyl (C=O) groups is 6. The number of carbonyl (C=O) groups excluding carboxylic acids is 6. The Morgan fingerprint density at radius 2 is 0.725 bits per heavy atom. The van der Waals surface area contributed by atoms with Gasteiger partial charge >= 0.3 is 17.9 Å². The van der Waals surface area contributed by atoms with Crippen LogP contribution >= 0.6 is 7.14 Å². The van der Waals surface area contributed by atoms with Gasteiger partial charge in [-0.25, -0.2) is 8.42 Å². The van der Waals surface area contributed by atoms with Gasteiger partial charge in [0.2, 0.25) is 5.91 Å². The molecule has 0 saturated heterocycles. The molecule has 15 heteroatoms. The number of hydrogen-bond acceptors (Lipinski definition) is 12. The summed E-state index contributed by atoms with van der Waals surface area (Å²) in [5, 5.41) is 4.49. The summed E-state index contributed by atoms with van der Waals surface area (Å²) >= 11 is 0. The maximum Gasteiger partial charge on any atom is 0.303 e. The lowest BCUT2D eigenvalue weighted by Crippen LogP contribution is -2.25. The lowest BCUT2D eigenvalue weighted by atomic mass is 9.71. The van der Waals surface area contributed by atoms with Crippen molar-refractivity contribution in [2.75, 3.05) is 24.8 Å². The standard InChI is InChI=1S/C20H18.C16H14O2.C13H13OP.C9H10O2.C8H9NO.C8H10O2S.C8H10.C6H12O2.2C3H6O/c1-20(17-11-5-2-6-12-17,18-13-7-3-8-14-18)19-15-9-4-10-16-19;1-11(17)18-10-16-14-8-4-2-6-12(14)13-7-3-5-9-15(13)16;1-15(14,12-8-4-2-5-9-12)13-10-6-3-7-11-13;1-8(10)11-7-9-5-3-2-4-6-9;1-7(10)9-8-5-3-2-4-6-8;1-7-3-5-8(6-4-7)11(2,9)10;1-2-8-6-4-3-5-7-8;1-5(7)8-6(2,3)4;2*1-3(2)4/h2-16H,1H3;2-9,16H,10H2,1H3;2-11H,1H3;2-6H,7H2,1H3;2-6H,1H3,(H,9,10);3-6H,1-2H3;3-7H,2H2,1H3;1-4H3;2*1-2H3. The van der Waals surface area contributed by atoms with Crippen molar-refractivity contribution in [1.29, 1.82) is 0 Å². The highest BCUT2D eigenvalue weighted by molar-refractivity contribution is 7.90. The van der Waals surface area contributed by atoms with Gasteiger partial charge < -0.3 is 33.7 Å². The van der Waals surface area contributed by atoms with E-state index in [-0.39, 0.29) is 52.3 Å². The molecular weight excluding hydrogens is 1400 g/mol. The molecule has 0 aromatic heterocycles. The van der Waals surface area contributed by atoms with E-state index in [1.165, 1.54) is 106 Å². The number of Topliss-reactive ketones (excluding diaryl/α,β-unsaturated/α-hetero) is 2. The SMILES string of the molecule is CC(=O)Nc1ccccc1.CC(=O)OC(C)(C)C.CC(=O)OCC1c2ccccc2-c2ccccc21.CC(=O)OCc1ccccc1.CC(C)=O.CC(C)=O.CC(c1ccccc1)(c1ccccc1)c1ccccc1.CCc1ccccc1.CP(=O)(c1ccccc1)c1ccccc1.Cc1ccc(S(C)(=O)=O)cc1. The Labute approximate surface area is 648 Å². The molecule has 12 rings (SSSR count). The van der Waals surface area contributed by atoms with Crippen molar-refractivity contribution in [3.63, 3.8) is 0 Å². The molecule has 0 heterocycles. The fraction of sp³-hybridized carbons (Fsp3) is 0.234. The number of fused-ring (bicyclic) bond motifs is 3. The third kappa shape index (κ3) is 36.8. The number of rotatable bonds is 12. The van der Waals surface area contributed by atoms with Gasteiger partial charge in [0.25, 0.3) is 0 Å². The van der Waals surface area contributed by atoms with Crippen LogP contribution in [0.25, 0.3) is 11.1 Å². The van der Waals surface area contributed by atoms with E-state index in [1.54, 1.807) is 24.3 Å². The second-order valence-corrected chi connectivity index (χ2v) is 31.5. The number of ether oxygens (including phenoxy) is 3. The van der Waals surface area contributed by atoms with Crippen LogP contribution in [0.3, 0.4) is 0 Å². The van der Waals surface area contributed by atoms with Gasteiger partial charge in [-0.05, 0) is 150 Å². The smallest absolute Gasteiger partial charge is 0.303 e. The number of amides is 1. The van der Waals surface area contributed by atoms with E-state index in [4.69, 9.17) is 14.2 Å². The van der Waals surface area contributed by atoms with Gasteiger partial charge in [-0.15, -0.1) is 0 Å². The van der Waals surface area contributed by atoms with Crippen molar-refractivity contribution in [1.82, 2.24) is 0 Å². The third-order valence-corrected chi connectivity index (χ3v) is 19.2. The number of esters is 3. The Morgan fingerprint density at radius 3 is 1.02 bits per heavy atom. The van der Waals surface area contributed by atoms with Gasteiger partial charge in [-0.1, -0.05) is 304 Å². The molecule has 0 bridgehead atoms. The average Bonchev–Trinajstić information content (AvgIpc) is 1.71. The number of hydrogen-bond donors (Lipinski definition) is 1. The number of nitrogens with one attached hydrogen (secondary N) is 1. The molecule has 11 aromatic rings. The second-order valence-electron chi connectivity index (χ2n) is 26.6. The number of sulfone groups is 1. The topological polar surface area (TPSA) is 193 Å². The van der Waals surface area contributed by atoms with E-state index in [1.807, 2.05) is 186 Å². The molecule has 1 amide bonds. The minimum atomic E-state index is -3.02. The highest BCUT2D eigenvalue weighted by Gasteiger charge is 2.31. The molecule has 0 aliphatic heterocycles.